The first-order valence-electron chi connectivity index (χ1n) is 13.9. The first-order chi connectivity index (χ1) is 16.7. The van der Waals surface area contributed by atoms with Crippen molar-refractivity contribution in [1.29, 1.82) is 0 Å². The number of ether oxygens (including phenoxy) is 1. The zero-order chi connectivity index (χ0) is 24.3. The highest BCUT2D eigenvalue weighted by Crippen LogP contribution is 2.28. The smallest absolute Gasteiger partial charge is 0.257 e. The van der Waals surface area contributed by atoms with E-state index >= 15 is 0 Å². The van der Waals surface area contributed by atoms with Gasteiger partial charge in [-0.2, -0.15) is 0 Å². The first kappa shape index (κ1) is 28.1. The molecule has 1 aromatic carbocycles. The van der Waals surface area contributed by atoms with Gasteiger partial charge in [-0.3, -0.25) is 4.79 Å². The van der Waals surface area contributed by atoms with Crippen molar-refractivity contribution in [1.82, 2.24) is 10.3 Å². The molecule has 0 radical (unpaired) electrons. The van der Waals surface area contributed by atoms with Crippen LogP contribution in [-0.4, -0.2) is 29.1 Å². The average molecular weight is 473 g/mol. The molecule has 34 heavy (non-hydrogen) atoms. The number of carbonyl (C=O) groups is 1. The predicted molar refractivity (Wildman–Crippen MR) is 143 cm³/mol. The van der Waals surface area contributed by atoms with E-state index in [0.29, 0.717) is 12.3 Å². The molecule has 0 saturated carbocycles. The zero-order valence-electron chi connectivity index (χ0n) is 21.5. The van der Waals surface area contributed by atoms with Crippen molar-refractivity contribution in [2.75, 3.05) is 13.2 Å². The van der Waals surface area contributed by atoms with Crippen LogP contribution in [0.15, 0.2) is 24.4 Å². The van der Waals surface area contributed by atoms with E-state index in [2.05, 4.69) is 17.2 Å². The van der Waals surface area contributed by atoms with Gasteiger partial charge in [0.25, 0.3) is 5.91 Å². The zero-order valence-corrected chi connectivity index (χ0v) is 21.5. The second-order valence-corrected chi connectivity index (χ2v) is 9.68. The molecule has 2 rings (SSSR count). The number of rotatable bonds is 21. The van der Waals surface area contributed by atoms with Gasteiger partial charge in [0.2, 0.25) is 0 Å². The third-order valence-corrected chi connectivity index (χ3v) is 6.59. The summed E-state index contributed by atoms with van der Waals surface area (Å²) in [5.41, 5.74) is 0.872. The molecule has 5 nitrogen and oxygen atoms in total. The lowest BCUT2D eigenvalue weighted by atomic mass is 10.0. The number of aromatic hydroxyl groups is 1. The number of aromatic amines is 1. The van der Waals surface area contributed by atoms with Gasteiger partial charge in [-0.1, -0.05) is 110 Å². The van der Waals surface area contributed by atoms with Gasteiger partial charge in [-0.25, -0.2) is 0 Å². The Labute approximate surface area is 207 Å². The van der Waals surface area contributed by atoms with Crippen LogP contribution in [-0.2, 0) is 4.79 Å². The van der Waals surface area contributed by atoms with E-state index in [-0.39, 0.29) is 18.3 Å². The Morgan fingerprint density at radius 3 is 1.91 bits per heavy atom. The van der Waals surface area contributed by atoms with Gasteiger partial charge >= 0.3 is 0 Å². The third-order valence-electron chi connectivity index (χ3n) is 6.59. The lowest BCUT2D eigenvalue weighted by Gasteiger charge is -2.07. The molecule has 0 atom stereocenters. The van der Waals surface area contributed by atoms with E-state index in [1.165, 1.54) is 103 Å². The highest BCUT2D eigenvalue weighted by molar-refractivity contribution is 5.87. The van der Waals surface area contributed by atoms with Crippen LogP contribution in [0.5, 0.6) is 11.5 Å². The summed E-state index contributed by atoms with van der Waals surface area (Å²) in [5.74, 6) is 0.657. The van der Waals surface area contributed by atoms with Crippen molar-refractivity contribution in [3.63, 3.8) is 0 Å². The standard InChI is InChI=1S/C29H48N2O3/c1-2-3-4-5-6-7-8-9-10-11-12-13-14-15-16-17-18-21-30-29(33)24-34-28-23-31-27-20-19-25(32)22-26(27)28/h19-20,22-23,31-32H,2-18,21,24H2,1H3,(H,30,33). The number of aromatic nitrogens is 1. The van der Waals surface area contributed by atoms with Crippen LogP contribution in [0.3, 0.4) is 0 Å². The van der Waals surface area contributed by atoms with Crippen LogP contribution in [0.4, 0.5) is 0 Å². The Bertz CT molecular complexity index is 787. The summed E-state index contributed by atoms with van der Waals surface area (Å²) in [6, 6.07) is 5.04. The number of amides is 1. The largest absolute Gasteiger partial charge is 0.508 e. The quantitative estimate of drug-likeness (QED) is 0.161. The Hall–Kier alpha value is -2.17. The molecule has 0 spiro atoms. The van der Waals surface area contributed by atoms with Crippen LogP contribution in [0.1, 0.15) is 116 Å². The molecule has 0 unspecified atom stereocenters. The molecule has 0 aliphatic heterocycles. The second kappa shape index (κ2) is 18.2. The molecule has 0 saturated heterocycles. The van der Waals surface area contributed by atoms with E-state index in [1.807, 2.05) is 0 Å². The number of unbranched alkanes of at least 4 members (excludes halogenated alkanes) is 16. The van der Waals surface area contributed by atoms with Crippen molar-refractivity contribution in [3.8, 4) is 11.5 Å². The molecule has 1 aromatic heterocycles. The lowest BCUT2D eigenvalue weighted by molar-refractivity contribution is -0.123. The van der Waals surface area contributed by atoms with Gasteiger partial charge in [-0.05, 0) is 24.6 Å². The first-order valence-corrected chi connectivity index (χ1v) is 13.9. The molecule has 0 aliphatic rings. The molecule has 5 heteroatoms. The number of nitrogens with one attached hydrogen (secondary N) is 2. The fraction of sp³-hybridized carbons (Fsp3) is 0.690. The molecule has 192 valence electrons. The normalized spacial score (nSPS) is 11.2. The van der Waals surface area contributed by atoms with Crippen molar-refractivity contribution < 1.29 is 14.6 Å². The number of H-pyrrole nitrogens is 1. The van der Waals surface area contributed by atoms with E-state index in [0.717, 1.165) is 17.3 Å². The lowest BCUT2D eigenvalue weighted by Crippen LogP contribution is -2.29. The van der Waals surface area contributed by atoms with E-state index in [1.54, 1.807) is 24.4 Å². The highest BCUT2D eigenvalue weighted by Gasteiger charge is 2.08. The van der Waals surface area contributed by atoms with Gasteiger partial charge < -0.3 is 20.1 Å². The monoisotopic (exact) mass is 472 g/mol. The van der Waals surface area contributed by atoms with Gasteiger partial charge in [0.05, 0.1) is 0 Å². The number of hydrogen-bond donors (Lipinski definition) is 3. The predicted octanol–water partition coefficient (Wildman–Crippen LogP) is 8.02. The molecular weight excluding hydrogens is 424 g/mol. The van der Waals surface area contributed by atoms with Gasteiger partial charge in [0.1, 0.15) is 11.5 Å². The average Bonchev–Trinajstić information content (AvgIpc) is 3.24. The summed E-state index contributed by atoms with van der Waals surface area (Å²) in [6.07, 6.45) is 24.8. The van der Waals surface area contributed by atoms with Crippen LogP contribution in [0.25, 0.3) is 10.9 Å². The molecule has 1 amide bonds. The summed E-state index contributed by atoms with van der Waals surface area (Å²) in [7, 11) is 0. The number of carbonyl (C=O) groups excluding carboxylic acids is 1. The van der Waals surface area contributed by atoms with Crippen molar-refractivity contribution in [3.05, 3.63) is 24.4 Å². The minimum atomic E-state index is -0.106. The summed E-state index contributed by atoms with van der Waals surface area (Å²) >= 11 is 0. The maximum Gasteiger partial charge on any atom is 0.257 e. The van der Waals surface area contributed by atoms with Crippen LogP contribution in [0, 0.1) is 0 Å². The fourth-order valence-corrected chi connectivity index (χ4v) is 4.47. The summed E-state index contributed by atoms with van der Waals surface area (Å²) in [4.78, 5) is 15.1. The number of fused-ring (bicyclic) bond motifs is 1. The maximum absolute atomic E-state index is 12.0. The topological polar surface area (TPSA) is 74.3 Å². The van der Waals surface area contributed by atoms with Crippen LogP contribution in [0.2, 0.25) is 0 Å². The van der Waals surface area contributed by atoms with Crippen molar-refractivity contribution in [2.24, 2.45) is 0 Å². The van der Waals surface area contributed by atoms with E-state index in [4.69, 9.17) is 4.74 Å². The molecule has 0 fully saturated rings. The summed E-state index contributed by atoms with van der Waals surface area (Å²) in [6.45, 7) is 2.97. The van der Waals surface area contributed by atoms with Gasteiger partial charge in [-0.15, -0.1) is 0 Å². The number of phenolic OH excluding ortho intramolecular Hbond substituents is 1. The van der Waals surface area contributed by atoms with Crippen molar-refractivity contribution >= 4 is 16.8 Å². The Balaban J connectivity index is 1.33. The number of phenols is 1. The molecular formula is C29H48N2O3. The fourth-order valence-electron chi connectivity index (χ4n) is 4.47. The highest BCUT2D eigenvalue weighted by atomic mass is 16.5. The second-order valence-electron chi connectivity index (χ2n) is 9.68. The van der Waals surface area contributed by atoms with Crippen LogP contribution >= 0.6 is 0 Å². The molecule has 2 aromatic rings. The number of hydrogen-bond acceptors (Lipinski definition) is 3. The third kappa shape index (κ3) is 12.3. The SMILES string of the molecule is CCCCCCCCCCCCCCCCCCCNC(=O)COc1c[nH]c2ccc(O)cc12. The minimum Gasteiger partial charge on any atom is -0.508 e. The van der Waals surface area contributed by atoms with Gasteiger partial charge in [0.15, 0.2) is 6.61 Å². The molecule has 0 bridgehead atoms. The van der Waals surface area contributed by atoms with E-state index in [9.17, 15) is 9.90 Å². The van der Waals surface area contributed by atoms with Gasteiger partial charge in [0, 0.05) is 23.6 Å². The molecule has 1 heterocycles. The Morgan fingerprint density at radius 2 is 1.35 bits per heavy atom. The molecule has 0 aliphatic carbocycles. The Kier molecular flexibility index (Phi) is 15.0. The maximum atomic E-state index is 12.0. The minimum absolute atomic E-state index is 0.0123. The number of benzene rings is 1. The van der Waals surface area contributed by atoms with E-state index < -0.39 is 0 Å². The Morgan fingerprint density at radius 1 is 0.824 bits per heavy atom. The summed E-state index contributed by atoms with van der Waals surface area (Å²) in [5, 5.41) is 13.3. The van der Waals surface area contributed by atoms with Crippen molar-refractivity contribution in [2.45, 2.75) is 116 Å². The summed E-state index contributed by atoms with van der Waals surface area (Å²) < 4.78 is 5.61. The van der Waals surface area contributed by atoms with Crippen LogP contribution < -0.4 is 10.1 Å². The molecule has 3 N–H and O–H groups in total.